The normalized spacial score (nSPS) is 30.8. The van der Waals surface area contributed by atoms with Crippen molar-refractivity contribution >= 4 is 11.9 Å². The van der Waals surface area contributed by atoms with E-state index in [1.807, 2.05) is 0 Å². The van der Waals surface area contributed by atoms with E-state index in [-0.39, 0.29) is 11.9 Å². The van der Waals surface area contributed by atoms with E-state index >= 15 is 0 Å². The van der Waals surface area contributed by atoms with E-state index in [1.54, 1.807) is 0 Å². The SMILES string of the molecule is NC1(C2CC(F)(F)C2)N=C(n2ccc(C(F)(F)F)n2)NC(=NC2CC(F)(F)C2)N1. The smallest absolute Gasteiger partial charge is 0.319 e. The fraction of sp³-hybridized carbons (Fsp3) is 0.667. The lowest BCUT2D eigenvalue weighted by Crippen LogP contribution is -2.70. The Hall–Kier alpha value is -2.38. The van der Waals surface area contributed by atoms with Crippen LogP contribution in [-0.2, 0) is 6.18 Å². The first-order valence-corrected chi connectivity index (χ1v) is 8.65. The molecule has 29 heavy (non-hydrogen) atoms. The van der Waals surface area contributed by atoms with E-state index in [2.05, 4.69) is 25.7 Å². The summed E-state index contributed by atoms with van der Waals surface area (Å²) in [5.74, 6) is -8.86. The maximum absolute atomic E-state index is 13.3. The molecule has 2 aliphatic carbocycles. The molecule has 2 saturated carbocycles. The van der Waals surface area contributed by atoms with E-state index in [1.165, 1.54) is 0 Å². The lowest BCUT2D eigenvalue weighted by Gasteiger charge is -2.46. The molecule has 14 heteroatoms. The lowest BCUT2D eigenvalue weighted by atomic mass is 9.76. The number of alkyl halides is 7. The molecule has 2 heterocycles. The quantitative estimate of drug-likeness (QED) is 0.631. The lowest BCUT2D eigenvalue weighted by molar-refractivity contribution is -0.141. The highest BCUT2D eigenvalue weighted by Crippen LogP contribution is 2.47. The topological polar surface area (TPSA) is 92.6 Å². The van der Waals surface area contributed by atoms with Crippen LogP contribution in [0.4, 0.5) is 30.7 Å². The molecule has 160 valence electrons. The Morgan fingerprint density at radius 1 is 1.10 bits per heavy atom. The van der Waals surface area contributed by atoms with Crippen molar-refractivity contribution in [1.29, 1.82) is 0 Å². The summed E-state index contributed by atoms with van der Waals surface area (Å²) in [6.45, 7) is 0. The van der Waals surface area contributed by atoms with Crippen molar-refractivity contribution in [3.63, 3.8) is 0 Å². The standard InChI is InChI=1S/C15H16F7N7/c16-12(17)3-7(4-12)15(23)26-10(24-8-5-13(18,19)6-8)25-11(27-15)29-2-1-9(28-29)14(20,21)22/h1-2,7-8H,3-6,23H2,(H2,24,25,26,27). The second kappa shape index (κ2) is 6.06. The minimum absolute atomic E-state index is 0.141. The zero-order valence-electron chi connectivity index (χ0n) is 14.6. The van der Waals surface area contributed by atoms with Gasteiger partial charge in [0.25, 0.3) is 5.92 Å². The molecule has 0 amide bonds. The van der Waals surface area contributed by atoms with E-state index in [9.17, 15) is 30.7 Å². The Labute approximate surface area is 159 Å². The molecular weight excluding hydrogens is 411 g/mol. The number of aromatic nitrogens is 2. The van der Waals surface area contributed by atoms with Crippen LogP contribution in [0.15, 0.2) is 22.2 Å². The number of guanidine groups is 1. The fourth-order valence-electron chi connectivity index (χ4n) is 3.39. The van der Waals surface area contributed by atoms with E-state index in [4.69, 9.17) is 5.73 Å². The molecule has 1 aromatic heterocycles. The van der Waals surface area contributed by atoms with Crippen molar-refractivity contribution in [2.24, 2.45) is 21.6 Å². The van der Waals surface area contributed by atoms with Gasteiger partial charge in [0.15, 0.2) is 11.5 Å². The van der Waals surface area contributed by atoms with Gasteiger partial charge in [0.05, 0.1) is 6.04 Å². The summed E-state index contributed by atoms with van der Waals surface area (Å²) in [5, 5.41) is 8.54. The molecule has 7 nitrogen and oxygen atoms in total. The molecule has 0 bridgehead atoms. The number of hydrogen-bond donors (Lipinski definition) is 3. The molecule has 4 rings (SSSR count). The van der Waals surface area contributed by atoms with Crippen molar-refractivity contribution in [2.45, 2.75) is 55.5 Å². The number of nitrogens with zero attached hydrogens (tertiary/aromatic N) is 4. The molecule has 0 spiro atoms. The fourth-order valence-corrected chi connectivity index (χ4v) is 3.39. The van der Waals surface area contributed by atoms with Gasteiger partial charge in [-0.15, -0.1) is 0 Å². The molecule has 1 unspecified atom stereocenters. The molecule has 0 aromatic carbocycles. The minimum Gasteiger partial charge on any atom is -0.319 e. The van der Waals surface area contributed by atoms with Crippen LogP contribution in [0.25, 0.3) is 0 Å². The maximum atomic E-state index is 13.3. The zero-order valence-corrected chi connectivity index (χ0v) is 14.6. The highest BCUT2D eigenvalue weighted by atomic mass is 19.4. The molecule has 1 atom stereocenters. The second-order valence-electron chi connectivity index (χ2n) is 7.51. The monoisotopic (exact) mass is 427 g/mol. The Morgan fingerprint density at radius 2 is 1.72 bits per heavy atom. The van der Waals surface area contributed by atoms with Crippen molar-refractivity contribution in [2.75, 3.05) is 0 Å². The average molecular weight is 427 g/mol. The van der Waals surface area contributed by atoms with Gasteiger partial charge in [0.2, 0.25) is 17.8 Å². The van der Waals surface area contributed by atoms with Gasteiger partial charge in [0, 0.05) is 37.8 Å². The first-order chi connectivity index (χ1) is 13.2. The van der Waals surface area contributed by atoms with Gasteiger partial charge in [-0.2, -0.15) is 18.3 Å². The van der Waals surface area contributed by atoms with Gasteiger partial charge in [-0.05, 0) is 6.07 Å². The number of aliphatic imine (C=N–C) groups is 2. The highest BCUT2D eigenvalue weighted by molar-refractivity contribution is 6.01. The Balaban J connectivity index is 1.63. The summed E-state index contributed by atoms with van der Waals surface area (Å²) in [6, 6.07) is -0.0552. The molecule has 3 aliphatic rings. The van der Waals surface area contributed by atoms with Gasteiger partial charge in [0.1, 0.15) is 0 Å². The van der Waals surface area contributed by atoms with Gasteiger partial charge < -0.3 is 5.32 Å². The van der Waals surface area contributed by atoms with Crippen molar-refractivity contribution < 1.29 is 30.7 Å². The number of nitrogens with two attached hydrogens (primary N) is 1. The molecule has 2 fully saturated rings. The first kappa shape index (κ1) is 19.9. The number of rotatable bonds is 2. The van der Waals surface area contributed by atoms with E-state index in [0.29, 0.717) is 6.07 Å². The Morgan fingerprint density at radius 3 is 2.24 bits per heavy atom. The van der Waals surface area contributed by atoms with E-state index in [0.717, 1.165) is 10.9 Å². The van der Waals surface area contributed by atoms with Crippen molar-refractivity contribution in [1.82, 2.24) is 20.4 Å². The average Bonchev–Trinajstić information content (AvgIpc) is 3.00. The number of hydrogen-bond acceptors (Lipinski definition) is 4. The van der Waals surface area contributed by atoms with Gasteiger partial charge in [-0.1, -0.05) is 0 Å². The first-order valence-electron chi connectivity index (χ1n) is 8.65. The van der Waals surface area contributed by atoms with Crippen LogP contribution in [-0.4, -0.2) is 45.4 Å². The second-order valence-corrected chi connectivity index (χ2v) is 7.51. The Kier molecular flexibility index (Phi) is 4.16. The predicted octanol–water partition coefficient (Wildman–Crippen LogP) is 2.11. The number of halogens is 7. The summed E-state index contributed by atoms with van der Waals surface area (Å²) >= 11 is 0. The molecular formula is C15H16F7N7. The summed E-state index contributed by atoms with van der Waals surface area (Å²) in [7, 11) is 0. The Bertz CT molecular complexity index is 859. The minimum atomic E-state index is -4.71. The molecule has 1 aromatic rings. The van der Waals surface area contributed by atoms with Crippen LogP contribution in [0.2, 0.25) is 0 Å². The van der Waals surface area contributed by atoms with Crippen LogP contribution >= 0.6 is 0 Å². The summed E-state index contributed by atoms with van der Waals surface area (Å²) in [5.41, 5.74) is 4.92. The summed E-state index contributed by atoms with van der Waals surface area (Å²) < 4.78 is 92.0. The van der Waals surface area contributed by atoms with Crippen molar-refractivity contribution in [3.8, 4) is 0 Å². The maximum Gasteiger partial charge on any atom is 0.435 e. The third-order valence-electron chi connectivity index (χ3n) is 5.03. The summed E-state index contributed by atoms with van der Waals surface area (Å²) in [4.78, 5) is 8.08. The van der Waals surface area contributed by atoms with Crippen LogP contribution in [0.1, 0.15) is 31.4 Å². The van der Waals surface area contributed by atoms with Gasteiger partial charge in [-0.25, -0.2) is 32.2 Å². The van der Waals surface area contributed by atoms with Crippen LogP contribution < -0.4 is 16.4 Å². The van der Waals surface area contributed by atoms with Crippen LogP contribution in [0.3, 0.4) is 0 Å². The number of nitrogens with one attached hydrogen (secondary N) is 2. The van der Waals surface area contributed by atoms with Gasteiger partial charge in [-0.3, -0.25) is 11.1 Å². The zero-order chi connectivity index (χ0) is 21.2. The molecule has 4 N–H and O–H groups in total. The van der Waals surface area contributed by atoms with E-state index < -0.39 is 67.1 Å². The van der Waals surface area contributed by atoms with Crippen LogP contribution in [0, 0.1) is 5.92 Å². The van der Waals surface area contributed by atoms with Crippen molar-refractivity contribution in [3.05, 3.63) is 18.0 Å². The predicted molar refractivity (Wildman–Crippen MR) is 86.3 cm³/mol. The molecule has 0 saturated heterocycles. The third kappa shape index (κ3) is 3.89. The largest absolute Gasteiger partial charge is 0.435 e. The molecule has 1 aliphatic heterocycles. The molecule has 0 radical (unpaired) electrons. The highest BCUT2D eigenvalue weighted by Gasteiger charge is 2.56. The van der Waals surface area contributed by atoms with Crippen LogP contribution in [0.5, 0.6) is 0 Å². The van der Waals surface area contributed by atoms with Gasteiger partial charge >= 0.3 is 6.18 Å². The summed E-state index contributed by atoms with van der Waals surface area (Å²) in [6.07, 6.45) is -5.94. The third-order valence-corrected chi connectivity index (χ3v) is 5.03.